The van der Waals surface area contributed by atoms with E-state index in [4.69, 9.17) is 4.74 Å². The van der Waals surface area contributed by atoms with Crippen molar-refractivity contribution in [2.45, 2.75) is 63.8 Å². The highest BCUT2D eigenvalue weighted by molar-refractivity contribution is 7.89. The minimum Gasteiger partial charge on any atom is -0.492 e. The maximum atomic E-state index is 13.3. The number of hydrogen-bond acceptors (Lipinski definition) is 4. The molecule has 1 saturated heterocycles. The number of aryl methyl sites for hydroxylation is 1. The Bertz CT molecular complexity index is 1080. The molecule has 1 amide bonds. The van der Waals surface area contributed by atoms with Crippen molar-refractivity contribution in [3.8, 4) is 5.75 Å². The van der Waals surface area contributed by atoms with E-state index in [1.54, 1.807) is 12.1 Å². The first kappa shape index (κ1) is 21.9. The van der Waals surface area contributed by atoms with E-state index in [1.165, 1.54) is 10.4 Å². The Morgan fingerprint density at radius 2 is 1.84 bits per heavy atom. The van der Waals surface area contributed by atoms with Gasteiger partial charge in [0.1, 0.15) is 10.6 Å². The van der Waals surface area contributed by atoms with Gasteiger partial charge < -0.3 is 14.6 Å². The van der Waals surface area contributed by atoms with Gasteiger partial charge in [-0.2, -0.15) is 4.31 Å². The van der Waals surface area contributed by atoms with Crippen LogP contribution in [0.25, 0.3) is 0 Å². The van der Waals surface area contributed by atoms with Crippen LogP contribution >= 0.6 is 0 Å². The topological polar surface area (TPSA) is 80.6 Å². The summed E-state index contributed by atoms with van der Waals surface area (Å²) in [6.07, 6.45) is 5.05. The highest BCUT2D eigenvalue weighted by Crippen LogP contribution is 2.38. The van der Waals surface area contributed by atoms with Crippen molar-refractivity contribution in [2.24, 2.45) is 0 Å². The van der Waals surface area contributed by atoms with Crippen LogP contribution in [0.15, 0.2) is 29.2 Å². The smallest absolute Gasteiger partial charge is 0.257 e. The van der Waals surface area contributed by atoms with Gasteiger partial charge in [-0.3, -0.25) is 4.79 Å². The third-order valence-electron chi connectivity index (χ3n) is 6.08. The molecule has 0 unspecified atom stereocenters. The molecular formula is C23H31N3O4S. The van der Waals surface area contributed by atoms with Crippen molar-refractivity contribution in [1.29, 1.82) is 0 Å². The van der Waals surface area contributed by atoms with Crippen molar-refractivity contribution in [2.75, 3.05) is 25.0 Å². The molecule has 2 heterocycles. The molecule has 168 valence electrons. The summed E-state index contributed by atoms with van der Waals surface area (Å²) in [7, 11) is -3.70. The fraction of sp³-hybridized carbons (Fsp3) is 0.522. The lowest BCUT2D eigenvalue weighted by molar-refractivity contribution is 0.102. The van der Waals surface area contributed by atoms with Crippen molar-refractivity contribution in [1.82, 2.24) is 8.87 Å². The summed E-state index contributed by atoms with van der Waals surface area (Å²) in [4.78, 5) is 13.1. The zero-order chi connectivity index (χ0) is 22.2. The second-order valence-electron chi connectivity index (χ2n) is 8.40. The second kappa shape index (κ2) is 8.67. The van der Waals surface area contributed by atoms with Crippen LogP contribution in [0.2, 0.25) is 0 Å². The Kier molecular flexibility index (Phi) is 6.12. The summed E-state index contributed by atoms with van der Waals surface area (Å²) in [5.74, 6) is 0.0865. The van der Waals surface area contributed by atoms with Gasteiger partial charge in [-0.25, -0.2) is 8.42 Å². The summed E-state index contributed by atoms with van der Waals surface area (Å²) in [5, 5.41) is 2.89. The molecule has 2 aliphatic rings. The lowest BCUT2D eigenvalue weighted by atomic mass is 10.2. The summed E-state index contributed by atoms with van der Waals surface area (Å²) in [6.45, 7) is 7.19. The van der Waals surface area contributed by atoms with Gasteiger partial charge in [-0.15, -0.1) is 0 Å². The molecule has 31 heavy (non-hydrogen) atoms. The third-order valence-corrected chi connectivity index (χ3v) is 8.00. The molecule has 7 nitrogen and oxygen atoms in total. The number of amides is 1. The largest absolute Gasteiger partial charge is 0.492 e. The van der Waals surface area contributed by atoms with Crippen LogP contribution in [0.4, 0.5) is 5.69 Å². The van der Waals surface area contributed by atoms with Crippen molar-refractivity contribution < 1.29 is 17.9 Å². The lowest BCUT2D eigenvalue weighted by Gasteiger charge is -2.27. The molecule has 8 heteroatoms. The van der Waals surface area contributed by atoms with Gasteiger partial charge in [-0.05, 0) is 70.7 Å². The molecule has 1 N–H and O–H groups in total. The first-order valence-corrected chi connectivity index (χ1v) is 12.5. The van der Waals surface area contributed by atoms with Crippen LogP contribution in [-0.2, 0) is 10.0 Å². The number of anilines is 1. The van der Waals surface area contributed by atoms with E-state index in [-0.39, 0.29) is 10.8 Å². The number of carbonyl (C=O) groups excluding carboxylic acids is 1. The Balaban J connectivity index is 1.63. The number of nitrogens with zero attached hydrogens (tertiary/aromatic N) is 2. The number of hydrogen-bond donors (Lipinski definition) is 1. The van der Waals surface area contributed by atoms with Gasteiger partial charge in [0.15, 0.2) is 0 Å². The fourth-order valence-electron chi connectivity index (χ4n) is 4.41. The quantitative estimate of drug-likeness (QED) is 0.690. The van der Waals surface area contributed by atoms with Gasteiger partial charge in [0.05, 0.1) is 12.2 Å². The number of benzene rings is 1. The van der Waals surface area contributed by atoms with Crippen LogP contribution in [-0.4, -0.2) is 42.9 Å². The first-order chi connectivity index (χ1) is 14.8. The van der Waals surface area contributed by atoms with E-state index in [1.807, 2.05) is 26.8 Å². The van der Waals surface area contributed by atoms with E-state index in [9.17, 15) is 13.2 Å². The van der Waals surface area contributed by atoms with E-state index < -0.39 is 10.0 Å². The molecule has 1 aromatic heterocycles. The van der Waals surface area contributed by atoms with Gasteiger partial charge in [0, 0.05) is 36.2 Å². The predicted molar refractivity (Wildman–Crippen MR) is 120 cm³/mol. The molecule has 1 aliphatic heterocycles. The van der Waals surface area contributed by atoms with Gasteiger partial charge in [0.2, 0.25) is 10.0 Å². The van der Waals surface area contributed by atoms with Crippen LogP contribution in [0.5, 0.6) is 5.75 Å². The van der Waals surface area contributed by atoms with Crippen molar-refractivity contribution in [3.63, 3.8) is 0 Å². The number of ether oxygens (including phenoxy) is 1. The Hall–Kier alpha value is -2.32. The molecule has 1 aromatic carbocycles. The SMILES string of the molecule is CCOc1ccc(NC(=O)c2cc(C)n(C3CC3)c2C)cc1S(=O)(=O)N1CCCCC1. The van der Waals surface area contributed by atoms with Crippen LogP contribution < -0.4 is 10.1 Å². The van der Waals surface area contributed by atoms with Crippen LogP contribution in [0.3, 0.4) is 0 Å². The average Bonchev–Trinajstić information content (AvgIpc) is 3.54. The standard InChI is InChI=1S/C23H31N3O4S/c1-4-30-21-11-8-18(15-22(21)31(28,29)25-12-6-5-7-13-25)24-23(27)20-14-16(2)26(17(20)3)19-9-10-19/h8,11,14-15,19H,4-7,9-10,12-13H2,1-3H3,(H,24,27). The molecule has 0 radical (unpaired) electrons. The molecule has 4 rings (SSSR count). The summed E-state index contributed by atoms with van der Waals surface area (Å²) < 4.78 is 36.0. The predicted octanol–water partition coefficient (Wildman–Crippen LogP) is 4.27. The van der Waals surface area contributed by atoms with Crippen molar-refractivity contribution >= 4 is 21.6 Å². The maximum absolute atomic E-state index is 13.3. The normalized spacial score (nSPS) is 17.5. The van der Waals surface area contributed by atoms with Crippen LogP contribution in [0, 0.1) is 13.8 Å². The van der Waals surface area contributed by atoms with Gasteiger partial charge in [-0.1, -0.05) is 6.42 Å². The molecular weight excluding hydrogens is 414 g/mol. The number of nitrogens with one attached hydrogen (secondary N) is 1. The van der Waals surface area contributed by atoms with Gasteiger partial charge >= 0.3 is 0 Å². The van der Waals surface area contributed by atoms with Crippen LogP contribution in [0.1, 0.15) is 66.8 Å². The molecule has 0 atom stereocenters. The number of sulfonamides is 1. The molecule has 1 aliphatic carbocycles. The molecule has 0 spiro atoms. The molecule has 2 fully saturated rings. The zero-order valence-electron chi connectivity index (χ0n) is 18.5. The number of piperidine rings is 1. The minimum atomic E-state index is -3.70. The van der Waals surface area contributed by atoms with Crippen molar-refractivity contribution in [3.05, 3.63) is 41.2 Å². The lowest BCUT2D eigenvalue weighted by Crippen LogP contribution is -2.35. The number of rotatable bonds is 7. The number of carbonyl (C=O) groups is 1. The third kappa shape index (κ3) is 4.36. The zero-order valence-corrected chi connectivity index (χ0v) is 19.3. The second-order valence-corrected chi connectivity index (χ2v) is 10.3. The minimum absolute atomic E-state index is 0.109. The fourth-order valence-corrected chi connectivity index (χ4v) is 6.08. The maximum Gasteiger partial charge on any atom is 0.257 e. The van der Waals surface area contributed by atoms with E-state index in [0.717, 1.165) is 43.5 Å². The van der Waals surface area contributed by atoms with E-state index in [2.05, 4.69) is 9.88 Å². The Labute approximate surface area is 184 Å². The number of aromatic nitrogens is 1. The Morgan fingerprint density at radius 1 is 1.13 bits per heavy atom. The van der Waals surface area contributed by atoms with Gasteiger partial charge in [0.25, 0.3) is 5.91 Å². The monoisotopic (exact) mass is 445 g/mol. The first-order valence-electron chi connectivity index (χ1n) is 11.1. The average molecular weight is 446 g/mol. The van der Waals surface area contributed by atoms with E-state index in [0.29, 0.717) is 42.7 Å². The molecule has 1 saturated carbocycles. The molecule has 2 aromatic rings. The summed E-state index contributed by atoms with van der Waals surface area (Å²) in [5.41, 5.74) is 3.09. The Morgan fingerprint density at radius 3 is 2.48 bits per heavy atom. The molecule has 0 bridgehead atoms. The highest BCUT2D eigenvalue weighted by atomic mass is 32.2. The highest BCUT2D eigenvalue weighted by Gasteiger charge is 2.30. The summed E-state index contributed by atoms with van der Waals surface area (Å²) >= 11 is 0. The summed E-state index contributed by atoms with van der Waals surface area (Å²) in [6, 6.07) is 7.24. The van der Waals surface area contributed by atoms with E-state index >= 15 is 0 Å².